The fourth-order valence-corrected chi connectivity index (χ4v) is 3.18. The average Bonchev–Trinajstić information content (AvgIpc) is 2.55. The second-order valence-corrected chi connectivity index (χ2v) is 5.00. The average molecular weight is 245 g/mol. The lowest BCUT2D eigenvalue weighted by Gasteiger charge is -2.42. The first-order valence-electron chi connectivity index (χ1n) is 6.57. The molecule has 0 radical (unpaired) electrons. The molecule has 2 rings (SSSR count). The van der Waals surface area contributed by atoms with Crippen LogP contribution in [0.1, 0.15) is 39.5 Å². The largest absolute Gasteiger partial charge is 0.382 e. The summed E-state index contributed by atoms with van der Waals surface area (Å²) in [6.07, 6.45) is 3.90. The van der Waals surface area contributed by atoms with E-state index in [1.807, 2.05) is 13.8 Å². The standard InChI is InChI=1S/C11H21NO3.C2H6/c1-13-7-10-3-4-11(15-10,8-14-2)6-9(12)5-10;1-2/h9H,3-8,12H2,1-2H3;1-2H3/t9?,10-,11?;/m1./s1. The zero-order valence-electron chi connectivity index (χ0n) is 11.6. The van der Waals surface area contributed by atoms with E-state index in [-0.39, 0.29) is 17.2 Å². The van der Waals surface area contributed by atoms with Crippen molar-refractivity contribution >= 4 is 0 Å². The summed E-state index contributed by atoms with van der Waals surface area (Å²) >= 11 is 0. The van der Waals surface area contributed by atoms with Crippen LogP contribution in [0.5, 0.6) is 0 Å². The Morgan fingerprint density at radius 1 is 1.06 bits per heavy atom. The van der Waals surface area contributed by atoms with Crippen LogP contribution < -0.4 is 5.73 Å². The van der Waals surface area contributed by atoms with Crippen molar-refractivity contribution in [3.63, 3.8) is 0 Å². The lowest BCUT2D eigenvalue weighted by Crippen LogP contribution is -2.52. The highest BCUT2D eigenvalue weighted by Gasteiger charge is 2.54. The molecule has 2 N–H and O–H groups in total. The smallest absolute Gasteiger partial charge is 0.0939 e. The molecule has 2 aliphatic rings. The van der Waals surface area contributed by atoms with Gasteiger partial charge in [-0.15, -0.1) is 0 Å². The first kappa shape index (κ1) is 14.9. The van der Waals surface area contributed by atoms with Crippen LogP contribution >= 0.6 is 0 Å². The maximum absolute atomic E-state index is 6.19. The van der Waals surface area contributed by atoms with E-state index in [9.17, 15) is 0 Å². The quantitative estimate of drug-likeness (QED) is 0.819. The van der Waals surface area contributed by atoms with Gasteiger partial charge in [0.1, 0.15) is 0 Å². The molecule has 0 aliphatic carbocycles. The van der Waals surface area contributed by atoms with E-state index in [4.69, 9.17) is 19.9 Å². The molecule has 0 aromatic heterocycles. The maximum Gasteiger partial charge on any atom is 0.0939 e. The molecule has 2 aliphatic heterocycles. The van der Waals surface area contributed by atoms with E-state index in [0.29, 0.717) is 13.2 Å². The summed E-state index contributed by atoms with van der Waals surface area (Å²) < 4.78 is 16.7. The minimum Gasteiger partial charge on any atom is -0.382 e. The molecule has 102 valence electrons. The Morgan fingerprint density at radius 3 is 1.82 bits per heavy atom. The monoisotopic (exact) mass is 245 g/mol. The molecule has 0 aromatic rings. The van der Waals surface area contributed by atoms with Gasteiger partial charge in [-0.25, -0.2) is 0 Å². The van der Waals surface area contributed by atoms with Gasteiger partial charge >= 0.3 is 0 Å². The minimum absolute atomic E-state index is 0.148. The first-order valence-corrected chi connectivity index (χ1v) is 6.57. The minimum atomic E-state index is -0.148. The van der Waals surface area contributed by atoms with Crippen molar-refractivity contribution in [2.75, 3.05) is 27.4 Å². The molecule has 2 fully saturated rings. The highest BCUT2D eigenvalue weighted by atomic mass is 16.6. The Morgan fingerprint density at radius 2 is 1.47 bits per heavy atom. The fraction of sp³-hybridized carbons (Fsp3) is 1.00. The van der Waals surface area contributed by atoms with Crippen molar-refractivity contribution in [2.45, 2.75) is 56.8 Å². The van der Waals surface area contributed by atoms with Crippen LogP contribution in [0.15, 0.2) is 0 Å². The summed E-state index contributed by atoms with van der Waals surface area (Å²) in [6, 6.07) is 0.214. The van der Waals surface area contributed by atoms with Crippen LogP contribution in [0.4, 0.5) is 0 Å². The van der Waals surface area contributed by atoms with Crippen molar-refractivity contribution in [2.24, 2.45) is 5.73 Å². The van der Waals surface area contributed by atoms with Crippen LogP contribution in [0.2, 0.25) is 0 Å². The molecule has 0 aromatic carbocycles. The Hall–Kier alpha value is -0.160. The highest BCUT2D eigenvalue weighted by molar-refractivity contribution is 5.05. The number of fused-ring (bicyclic) bond motifs is 2. The molecule has 2 heterocycles. The fourth-order valence-electron chi connectivity index (χ4n) is 3.18. The summed E-state index contributed by atoms with van der Waals surface area (Å²) in [6.45, 7) is 5.29. The van der Waals surface area contributed by atoms with E-state index in [1.54, 1.807) is 14.2 Å². The molecular weight excluding hydrogens is 218 g/mol. The molecule has 0 spiro atoms. The van der Waals surface area contributed by atoms with Crippen molar-refractivity contribution < 1.29 is 14.2 Å². The summed E-state index contributed by atoms with van der Waals surface area (Å²) in [5.74, 6) is 0. The topological polar surface area (TPSA) is 53.7 Å². The molecule has 0 amide bonds. The van der Waals surface area contributed by atoms with Gasteiger partial charge in [0, 0.05) is 20.3 Å². The van der Waals surface area contributed by atoms with Crippen LogP contribution in [-0.2, 0) is 14.2 Å². The SMILES string of the molecule is CC.COCC12CC[C@](COC)(CC(N)C1)O2. The lowest BCUT2D eigenvalue weighted by atomic mass is 9.90. The number of nitrogens with two attached hydrogens (primary N) is 1. The Balaban J connectivity index is 0.000000686. The molecule has 2 unspecified atom stereocenters. The van der Waals surface area contributed by atoms with Crippen LogP contribution in [0, 0.1) is 0 Å². The van der Waals surface area contributed by atoms with E-state index in [0.717, 1.165) is 25.7 Å². The van der Waals surface area contributed by atoms with E-state index in [2.05, 4.69) is 0 Å². The van der Waals surface area contributed by atoms with E-state index in [1.165, 1.54) is 0 Å². The number of hydrogen-bond acceptors (Lipinski definition) is 4. The van der Waals surface area contributed by atoms with E-state index < -0.39 is 0 Å². The van der Waals surface area contributed by atoms with Gasteiger partial charge in [0.25, 0.3) is 0 Å². The van der Waals surface area contributed by atoms with Crippen molar-refractivity contribution in [3.8, 4) is 0 Å². The van der Waals surface area contributed by atoms with Gasteiger partial charge in [-0.3, -0.25) is 0 Å². The summed E-state index contributed by atoms with van der Waals surface area (Å²) in [7, 11) is 3.43. The van der Waals surface area contributed by atoms with Gasteiger partial charge in [-0.1, -0.05) is 13.8 Å². The Kier molecular flexibility index (Phi) is 5.38. The van der Waals surface area contributed by atoms with Crippen LogP contribution in [0.25, 0.3) is 0 Å². The van der Waals surface area contributed by atoms with Gasteiger partial charge in [0.15, 0.2) is 0 Å². The molecule has 4 nitrogen and oxygen atoms in total. The molecule has 17 heavy (non-hydrogen) atoms. The van der Waals surface area contributed by atoms with Crippen molar-refractivity contribution in [3.05, 3.63) is 0 Å². The lowest BCUT2D eigenvalue weighted by molar-refractivity contribution is -0.182. The normalized spacial score (nSPS) is 39.7. The molecule has 4 heteroatoms. The van der Waals surface area contributed by atoms with Gasteiger partial charge in [-0.2, -0.15) is 0 Å². The maximum atomic E-state index is 6.19. The summed E-state index contributed by atoms with van der Waals surface area (Å²) in [5.41, 5.74) is 5.80. The van der Waals surface area contributed by atoms with Crippen LogP contribution in [-0.4, -0.2) is 44.7 Å². The van der Waals surface area contributed by atoms with Gasteiger partial charge < -0.3 is 19.9 Å². The van der Waals surface area contributed by atoms with Crippen LogP contribution in [0.3, 0.4) is 0 Å². The van der Waals surface area contributed by atoms with Gasteiger partial charge in [0.05, 0.1) is 24.4 Å². The van der Waals surface area contributed by atoms with Gasteiger partial charge in [-0.05, 0) is 25.7 Å². The predicted molar refractivity (Wildman–Crippen MR) is 68.1 cm³/mol. The second-order valence-electron chi connectivity index (χ2n) is 5.00. The molecular formula is C13H27NO3. The number of hydrogen-bond donors (Lipinski definition) is 1. The number of methoxy groups -OCH3 is 2. The third kappa shape index (κ3) is 3.19. The summed E-state index contributed by atoms with van der Waals surface area (Å²) in [5, 5.41) is 0. The second kappa shape index (κ2) is 6.14. The number of rotatable bonds is 4. The highest BCUT2D eigenvalue weighted by Crippen LogP contribution is 2.47. The first-order chi connectivity index (χ1) is 8.14. The Bertz CT molecular complexity index is 215. The summed E-state index contributed by atoms with van der Waals surface area (Å²) in [4.78, 5) is 0. The van der Waals surface area contributed by atoms with Crippen molar-refractivity contribution in [1.29, 1.82) is 0 Å². The number of ether oxygens (including phenoxy) is 3. The van der Waals surface area contributed by atoms with Crippen molar-refractivity contribution in [1.82, 2.24) is 0 Å². The predicted octanol–water partition coefficient (Wildman–Crippen LogP) is 1.71. The molecule has 2 bridgehead atoms. The third-order valence-electron chi connectivity index (χ3n) is 3.55. The Labute approximate surface area is 105 Å². The zero-order chi connectivity index (χ0) is 12.9. The van der Waals surface area contributed by atoms with Gasteiger partial charge in [0.2, 0.25) is 0 Å². The molecule has 2 saturated heterocycles. The third-order valence-corrected chi connectivity index (χ3v) is 3.55. The molecule has 0 saturated carbocycles. The molecule has 3 atom stereocenters. The van der Waals surface area contributed by atoms with E-state index >= 15 is 0 Å². The zero-order valence-corrected chi connectivity index (χ0v) is 11.6.